The number of rotatable bonds is 4. The molecule has 0 heterocycles. The molecule has 2 nitrogen and oxygen atoms in total. The summed E-state index contributed by atoms with van der Waals surface area (Å²) in [6.07, 6.45) is 0. The van der Waals surface area contributed by atoms with Crippen molar-refractivity contribution in [3.63, 3.8) is 0 Å². The Morgan fingerprint density at radius 3 is 2.58 bits per heavy atom. The van der Waals surface area contributed by atoms with Crippen LogP contribution in [-0.4, -0.2) is 15.7 Å². The van der Waals surface area contributed by atoms with Crippen molar-refractivity contribution in [2.75, 3.05) is 5.75 Å². The predicted molar refractivity (Wildman–Crippen MR) is 76.1 cm³/mol. The third kappa shape index (κ3) is 3.58. The SMILES string of the molecule is O=C(CS(=O)c1ccccc1Br)c1cccc(F)c1. The molecule has 0 bridgehead atoms. The first-order valence-electron chi connectivity index (χ1n) is 5.49. The average molecular weight is 341 g/mol. The van der Waals surface area contributed by atoms with E-state index in [0.717, 1.165) is 6.07 Å². The van der Waals surface area contributed by atoms with E-state index in [1.165, 1.54) is 18.2 Å². The third-order valence-electron chi connectivity index (χ3n) is 2.49. The number of Topliss-reactive ketones (excluding diaryl/α,β-unsaturated/α-hetero) is 1. The van der Waals surface area contributed by atoms with E-state index in [1.54, 1.807) is 24.3 Å². The Labute approximate surface area is 121 Å². The van der Waals surface area contributed by atoms with E-state index in [1.807, 2.05) is 0 Å². The summed E-state index contributed by atoms with van der Waals surface area (Å²) in [6.45, 7) is 0. The Balaban J connectivity index is 2.16. The van der Waals surface area contributed by atoms with Crippen LogP contribution in [0.2, 0.25) is 0 Å². The Morgan fingerprint density at radius 1 is 1.16 bits per heavy atom. The molecule has 1 unspecified atom stereocenters. The van der Waals surface area contributed by atoms with Crippen LogP contribution in [0.15, 0.2) is 57.9 Å². The van der Waals surface area contributed by atoms with E-state index in [9.17, 15) is 13.4 Å². The van der Waals surface area contributed by atoms with Gasteiger partial charge in [0.05, 0.1) is 21.4 Å². The molecular weight excluding hydrogens is 331 g/mol. The van der Waals surface area contributed by atoms with Crippen molar-refractivity contribution < 1.29 is 13.4 Å². The maximum absolute atomic E-state index is 13.0. The van der Waals surface area contributed by atoms with Gasteiger partial charge in [0.25, 0.3) is 0 Å². The summed E-state index contributed by atoms with van der Waals surface area (Å²) >= 11 is 3.29. The number of carbonyl (C=O) groups excluding carboxylic acids is 1. The second-order valence-electron chi connectivity index (χ2n) is 3.85. The summed E-state index contributed by atoms with van der Waals surface area (Å²) in [4.78, 5) is 12.5. The van der Waals surface area contributed by atoms with Gasteiger partial charge in [0.15, 0.2) is 5.78 Å². The summed E-state index contributed by atoms with van der Waals surface area (Å²) in [5.74, 6) is -0.974. The molecule has 0 N–H and O–H groups in total. The third-order valence-corrected chi connectivity index (χ3v) is 4.82. The molecule has 0 spiro atoms. The number of hydrogen-bond acceptors (Lipinski definition) is 2. The highest BCUT2D eigenvalue weighted by molar-refractivity contribution is 9.10. The van der Waals surface area contributed by atoms with Gasteiger partial charge in [-0.1, -0.05) is 24.3 Å². The van der Waals surface area contributed by atoms with Gasteiger partial charge in [0, 0.05) is 10.0 Å². The molecule has 5 heteroatoms. The molecule has 0 fully saturated rings. The standard InChI is InChI=1S/C14H10BrFO2S/c15-12-6-1-2-7-14(12)19(18)9-13(17)10-4-3-5-11(16)8-10/h1-8H,9H2. The molecular formula is C14H10BrFO2S. The van der Waals surface area contributed by atoms with E-state index in [0.29, 0.717) is 9.37 Å². The monoisotopic (exact) mass is 340 g/mol. The van der Waals surface area contributed by atoms with Gasteiger partial charge in [0.1, 0.15) is 5.82 Å². The van der Waals surface area contributed by atoms with Gasteiger partial charge in [-0.25, -0.2) is 4.39 Å². The molecule has 0 saturated carbocycles. The number of halogens is 2. The Morgan fingerprint density at radius 2 is 1.89 bits per heavy atom. The quantitative estimate of drug-likeness (QED) is 0.797. The first-order valence-corrected chi connectivity index (χ1v) is 7.61. The van der Waals surface area contributed by atoms with E-state index < -0.39 is 16.6 Å². The second-order valence-corrected chi connectivity index (χ2v) is 6.13. The molecule has 0 saturated heterocycles. The van der Waals surface area contributed by atoms with Crippen LogP contribution in [0, 0.1) is 5.82 Å². The minimum Gasteiger partial charge on any atom is -0.293 e. The first-order chi connectivity index (χ1) is 9.08. The molecule has 98 valence electrons. The predicted octanol–water partition coefficient (Wildman–Crippen LogP) is 3.58. The molecule has 0 aliphatic heterocycles. The fraction of sp³-hybridized carbons (Fsp3) is 0.0714. The summed E-state index contributed by atoms with van der Waals surface area (Å²) in [5.41, 5.74) is 0.236. The highest BCUT2D eigenvalue weighted by Gasteiger charge is 2.14. The largest absolute Gasteiger partial charge is 0.293 e. The number of ketones is 1. The highest BCUT2D eigenvalue weighted by atomic mass is 79.9. The molecule has 0 amide bonds. The van der Waals surface area contributed by atoms with Crippen LogP contribution in [0.1, 0.15) is 10.4 Å². The van der Waals surface area contributed by atoms with Gasteiger partial charge in [-0.3, -0.25) is 9.00 Å². The van der Waals surface area contributed by atoms with Crippen LogP contribution in [0.4, 0.5) is 4.39 Å². The lowest BCUT2D eigenvalue weighted by molar-refractivity contribution is 0.102. The lowest BCUT2D eigenvalue weighted by atomic mass is 10.1. The number of carbonyl (C=O) groups is 1. The summed E-state index contributed by atoms with van der Waals surface area (Å²) < 4.78 is 25.8. The van der Waals surface area contributed by atoms with Gasteiger partial charge in [-0.2, -0.15) is 0 Å². The van der Waals surface area contributed by atoms with Crippen molar-refractivity contribution in [1.29, 1.82) is 0 Å². The Bertz CT molecular complexity index is 643. The molecule has 2 rings (SSSR count). The fourth-order valence-corrected chi connectivity index (χ4v) is 3.47. The summed E-state index contributed by atoms with van der Waals surface area (Å²) in [7, 11) is -1.45. The van der Waals surface area contributed by atoms with E-state index in [-0.39, 0.29) is 17.1 Å². The summed E-state index contributed by atoms with van der Waals surface area (Å²) in [5, 5.41) is 0. The number of hydrogen-bond donors (Lipinski definition) is 0. The zero-order valence-corrected chi connectivity index (χ0v) is 12.2. The van der Waals surface area contributed by atoms with E-state index >= 15 is 0 Å². The first kappa shape index (κ1) is 14.1. The smallest absolute Gasteiger partial charge is 0.175 e. The van der Waals surface area contributed by atoms with Crippen LogP contribution in [0.25, 0.3) is 0 Å². The van der Waals surface area contributed by atoms with Crippen molar-refractivity contribution >= 4 is 32.5 Å². The molecule has 2 aromatic carbocycles. The van der Waals surface area contributed by atoms with Crippen molar-refractivity contribution in [2.24, 2.45) is 0 Å². The molecule has 1 atom stereocenters. The van der Waals surface area contributed by atoms with Gasteiger partial charge in [-0.15, -0.1) is 0 Å². The lowest BCUT2D eigenvalue weighted by Crippen LogP contribution is -2.11. The summed E-state index contributed by atoms with van der Waals surface area (Å²) in [6, 6.07) is 12.4. The maximum atomic E-state index is 13.0. The van der Waals surface area contributed by atoms with Crippen molar-refractivity contribution in [2.45, 2.75) is 4.90 Å². The van der Waals surface area contributed by atoms with Crippen molar-refractivity contribution in [3.05, 3.63) is 64.4 Å². The van der Waals surface area contributed by atoms with Gasteiger partial charge in [-0.05, 0) is 40.2 Å². The zero-order chi connectivity index (χ0) is 13.8. The Kier molecular flexibility index (Phi) is 4.61. The lowest BCUT2D eigenvalue weighted by Gasteiger charge is -2.04. The number of benzene rings is 2. The van der Waals surface area contributed by atoms with Gasteiger partial charge in [0.2, 0.25) is 0 Å². The zero-order valence-electron chi connectivity index (χ0n) is 9.81. The second kappa shape index (κ2) is 6.21. The molecule has 19 heavy (non-hydrogen) atoms. The minimum atomic E-state index is -1.45. The fourth-order valence-electron chi connectivity index (χ4n) is 1.57. The molecule has 0 radical (unpaired) electrons. The van der Waals surface area contributed by atoms with E-state index in [2.05, 4.69) is 15.9 Å². The van der Waals surface area contributed by atoms with Crippen LogP contribution < -0.4 is 0 Å². The van der Waals surface area contributed by atoms with Crippen LogP contribution in [0.3, 0.4) is 0 Å². The topological polar surface area (TPSA) is 34.1 Å². The maximum Gasteiger partial charge on any atom is 0.175 e. The van der Waals surface area contributed by atoms with Crippen LogP contribution in [0.5, 0.6) is 0 Å². The van der Waals surface area contributed by atoms with Crippen LogP contribution >= 0.6 is 15.9 Å². The molecule has 0 aliphatic carbocycles. The molecule has 0 aliphatic rings. The normalized spacial score (nSPS) is 12.1. The highest BCUT2D eigenvalue weighted by Crippen LogP contribution is 2.20. The van der Waals surface area contributed by atoms with Gasteiger partial charge >= 0.3 is 0 Å². The minimum absolute atomic E-state index is 0.161. The van der Waals surface area contributed by atoms with Gasteiger partial charge < -0.3 is 0 Å². The molecule has 2 aromatic rings. The Hall–Kier alpha value is -1.33. The van der Waals surface area contributed by atoms with Crippen molar-refractivity contribution in [1.82, 2.24) is 0 Å². The molecule has 0 aromatic heterocycles. The van der Waals surface area contributed by atoms with Crippen molar-refractivity contribution in [3.8, 4) is 0 Å². The van der Waals surface area contributed by atoms with Crippen LogP contribution in [-0.2, 0) is 10.8 Å². The average Bonchev–Trinajstić information content (AvgIpc) is 2.39. The van der Waals surface area contributed by atoms with E-state index in [4.69, 9.17) is 0 Å².